The normalized spacial score (nSPS) is 20.8. The van der Waals surface area contributed by atoms with E-state index in [4.69, 9.17) is 10.5 Å². The summed E-state index contributed by atoms with van der Waals surface area (Å²) in [5.41, 5.74) is 5.75. The number of amides is 1. The fourth-order valence-corrected chi connectivity index (χ4v) is 2.04. The van der Waals surface area contributed by atoms with Crippen LogP contribution < -0.4 is 10.6 Å². The van der Waals surface area contributed by atoms with Gasteiger partial charge in [0, 0.05) is 11.0 Å². The second-order valence-electron chi connectivity index (χ2n) is 3.77. The van der Waals surface area contributed by atoms with E-state index in [1.165, 1.54) is 11.0 Å². The molecule has 1 aromatic carbocycles. The molecule has 0 spiro atoms. The first-order valence-corrected chi connectivity index (χ1v) is 5.98. The largest absolute Gasteiger partial charge is 0.365 e. The maximum Gasteiger partial charge on any atom is 0.253 e. The van der Waals surface area contributed by atoms with E-state index in [1.54, 1.807) is 12.1 Å². The summed E-state index contributed by atoms with van der Waals surface area (Å²) >= 11 is 3.25. The van der Waals surface area contributed by atoms with E-state index in [0.717, 1.165) is 4.47 Å². The molecule has 4 nitrogen and oxygen atoms in total. The summed E-state index contributed by atoms with van der Waals surface area (Å²) < 4.78 is 19.6. The van der Waals surface area contributed by atoms with Crippen LogP contribution in [-0.4, -0.2) is 31.7 Å². The topological polar surface area (TPSA) is 55.6 Å². The summed E-state index contributed by atoms with van der Waals surface area (Å²) in [6.07, 6.45) is -0.244. The van der Waals surface area contributed by atoms with Gasteiger partial charge in [0.1, 0.15) is 12.4 Å². The van der Waals surface area contributed by atoms with E-state index >= 15 is 0 Å². The van der Waals surface area contributed by atoms with E-state index < -0.39 is 5.82 Å². The van der Waals surface area contributed by atoms with Gasteiger partial charge in [-0.1, -0.05) is 15.9 Å². The summed E-state index contributed by atoms with van der Waals surface area (Å²) in [6.45, 7) is 0.524. The molecule has 17 heavy (non-hydrogen) atoms. The zero-order valence-corrected chi connectivity index (χ0v) is 10.6. The Hall–Kier alpha value is -0.980. The van der Waals surface area contributed by atoms with E-state index in [0.29, 0.717) is 6.54 Å². The van der Waals surface area contributed by atoms with Gasteiger partial charge < -0.3 is 15.4 Å². The average Bonchev–Trinajstić information content (AvgIpc) is 2.33. The minimum atomic E-state index is -0.431. The quantitative estimate of drug-likeness (QED) is 0.895. The van der Waals surface area contributed by atoms with Crippen LogP contribution in [0, 0.1) is 5.82 Å². The Morgan fingerprint density at radius 2 is 2.35 bits per heavy atom. The molecular weight excluding hydrogens is 291 g/mol. The van der Waals surface area contributed by atoms with Crippen LogP contribution >= 0.6 is 15.9 Å². The molecule has 1 amide bonds. The number of morpholine rings is 1. The van der Waals surface area contributed by atoms with Crippen LogP contribution in [-0.2, 0) is 9.53 Å². The Labute approximate surface area is 107 Å². The zero-order chi connectivity index (χ0) is 12.4. The van der Waals surface area contributed by atoms with Gasteiger partial charge in [0.2, 0.25) is 0 Å². The minimum absolute atomic E-state index is 0.0617. The molecule has 1 saturated heterocycles. The van der Waals surface area contributed by atoms with Crippen LogP contribution in [0.15, 0.2) is 22.7 Å². The number of anilines is 1. The highest BCUT2D eigenvalue weighted by Gasteiger charge is 2.28. The fraction of sp³-hybridized carbons (Fsp3) is 0.364. The van der Waals surface area contributed by atoms with Crippen molar-refractivity contribution in [2.24, 2.45) is 5.73 Å². The van der Waals surface area contributed by atoms with E-state index in [2.05, 4.69) is 15.9 Å². The van der Waals surface area contributed by atoms with Crippen molar-refractivity contribution in [3.8, 4) is 0 Å². The third-order valence-electron chi connectivity index (χ3n) is 2.59. The van der Waals surface area contributed by atoms with Crippen LogP contribution in [0.1, 0.15) is 0 Å². The van der Waals surface area contributed by atoms with Crippen molar-refractivity contribution < 1.29 is 13.9 Å². The van der Waals surface area contributed by atoms with Crippen molar-refractivity contribution >= 4 is 27.5 Å². The van der Waals surface area contributed by atoms with Gasteiger partial charge in [-0.2, -0.15) is 0 Å². The Bertz CT molecular complexity index is 441. The molecule has 1 unspecified atom stereocenters. The predicted molar refractivity (Wildman–Crippen MR) is 65.2 cm³/mol. The van der Waals surface area contributed by atoms with Crippen LogP contribution in [0.25, 0.3) is 0 Å². The van der Waals surface area contributed by atoms with Crippen molar-refractivity contribution in [2.75, 3.05) is 24.6 Å². The molecule has 0 radical (unpaired) electrons. The fourth-order valence-electron chi connectivity index (χ4n) is 1.69. The highest BCUT2D eigenvalue weighted by atomic mass is 79.9. The number of carbonyl (C=O) groups excluding carboxylic acids is 1. The smallest absolute Gasteiger partial charge is 0.253 e. The van der Waals surface area contributed by atoms with Gasteiger partial charge in [0.15, 0.2) is 0 Å². The maximum absolute atomic E-state index is 13.7. The van der Waals surface area contributed by atoms with Gasteiger partial charge in [0.25, 0.3) is 5.91 Å². The molecule has 1 heterocycles. The summed E-state index contributed by atoms with van der Waals surface area (Å²) in [6, 6.07) is 4.48. The Morgan fingerprint density at radius 3 is 3.06 bits per heavy atom. The molecule has 2 rings (SSSR count). The SMILES string of the molecule is NCC1CN(c2cc(Br)ccc2F)C(=O)CO1. The summed E-state index contributed by atoms with van der Waals surface area (Å²) in [7, 11) is 0. The molecule has 0 saturated carbocycles. The van der Waals surface area contributed by atoms with Crippen molar-refractivity contribution in [3.05, 3.63) is 28.5 Å². The molecule has 1 fully saturated rings. The Kier molecular flexibility index (Phi) is 3.76. The van der Waals surface area contributed by atoms with Crippen LogP contribution in [0.3, 0.4) is 0 Å². The lowest BCUT2D eigenvalue weighted by Gasteiger charge is -2.32. The van der Waals surface area contributed by atoms with Crippen LogP contribution in [0.2, 0.25) is 0 Å². The lowest BCUT2D eigenvalue weighted by molar-refractivity contribution is -0.129. The summed E-state index contributed by atoms with van der Waals surface area (Å²) in [5.74, 6) is -0.689. The molecule has 1 aliphatic rings. The van der Waals surface area contributed by atoms with E-state index in [-0.39, 0.29) is 30.9 Å². The van der Waals surface area contributed by atoms with Crippen LogP contribution in [0.4, 0.5) is 10.1 Å². The number of carbonyl (C=O) groups is 1. The van der Waals surface area contributed by atoms with Crippen LogP contribution in [0.5, 0.6) is 0 Å². The number of nitrogens with two attached hydrogens (primary N) is 1. The monoisotopic (exact) mass is 302 g/mol. The van der Waals surface area contributed by atoms with Crippen molar-refractivity contribution in [1.82, 2.24) is 0 Å². The molecule has 2 N–H and O–H groups in total. The third-order valence-corrected chi connectivity index (χ3v) is 3.08. The second kappa shape index (κ2) is 5.12. The lowest BCUT2D eigenvalue weighted by Crippen LogP contribution is -2.49. The lowest BCUT2D eigenvalue weighted by atomic mass is 10.2. The standard InChI is InChI=1S/C11H12BrFN2O2/c12-7-1-2-9(13)10(3-7)15-5-8(4-14)17-6-11(15)16/h1-3,8H,4-6,14H2. The number of hydrogen-bond acceptors (Lipinski definition) is 3. The second-order valence-corrected chi connectivity index (χ2v) is 4.68. The molecule has 1 aromatic rings. The van der Waals surface area contributed by atoms with Crippen molar-refractivity contribution in [2.45, 2.75) is 6.10 Å². The highest BCUT2D eigenvalue weighted by Crippen LogP contribution is 2.25. The van der Waals surface area contributed by atoms with E-state index in [9.17, 15) is 9.18 Å². The number of hydrogen-bond donors (Lipinski definition) is 1. The first-order valence-electron chi connectivity index (χ1n) is 5.19. The molecule has 0 bridgehead atoms. The number of rotatable bonds is 2. The zero-order valence-electron chi connectivity index (χ0n) is 9.03. The van der Waals surface area contributed by atoms with Gasteiger partial charge in [0.05, 0.1) is 18.3 Å². The first kappa shape index (κ1) is 12.5. The van der Waals surface area contributed by atoms with E-state index in [1.807, 2.05) is 0 Å². The van der Waals surface area contributed by atoms with Gasteiger partial charge in [-0.25, -0.2) is 4.39 Å². The minimum Gasteiger partial charge on any atom is -0.365 e. The van der Waals surface area contributed by atoms with Crippen molar-refractivity contribution in [1.29, 1.82) is 0 Å². The molecule has 1 aliphatic heterocycles. The number of ether oxygens (including phenoxy) is 1. The first-order chi connectivity index (χ1) is 8.11. The van der Waals surface area contributed by atoms with Gasteiger partial charge in [-0.05, 0) is 18.2 Å². The number of nitrogens with zero attached hydrogens (tertiary/aromatic N) is 1. The molecule has 6 heteroatoms. The third kappa shape index (κ3) is 2.65. The summed E-state index contributed by atoms with van der Waals surface area (Å²) in [4.78, 5) is 13.1. The maximum atomic E-state index is 13.7. The van der Waals surface area contributed by atoms with Gasteiger partial charge in [-0.15, -0.1) is 0 Å². The van der Waals surface area contributed by atoms with Gasteiger partial charge >= 0.3 is 0 Å². The molecule has 92 valence electrons. The molecule has 1 atom stereocenters. The van der Waals surface area contributed by atoms with Gasteiger partial charge in [-0.3, -0.25) is 4.79 Å². The molecular formula is C11H12BrFN2O2. The van der Waals surface area contributed by atoms with Crippen molar-refractivity contribution in [3.63, 3.8) is 0 Å². The number of halogens is 2. The highest BCUT2D eigenvalue weighted by molar-refractivity contribution is 9.10. The average molecular weight is 303 g/mol. The molecule has 0 aliphatic carbocycles. The Morgan fingerprint density at radius 1 is 1.59 bits per heavy atom. The number of benzene rings is 1. The predicted octanol–water partition coefficient (Wildman–Crippen LogP) is 1.28. The Balaban J connectivity index is 2.30. The summed E-state index contributed by atoms with van der Waals surface area (Å²) in [5, 5.41) is 0. The molecule has 0 aromatic heterocycles.